The van der Waals surface area contributed by atoms with Crippen molar-refractivity contribution in [2.45, 2.75) is 30.6 Å². The lowest BCUT2D eigenvalue weighted by Crippen LogP contribution is -2.30. The summed E-state index contributed by atoms with van der Waals surface area (Å²) in [6, 6.07) is 10.6. The van der Waals surface area contributed by atoms with Gasteiger partial charge < -0.3 is 0 Å². The van der Waals surface area contributed by atoms with Crippen LogP contribution in [0.15, 0.2) is 52.3 Å². The molecule has 2 rings (SSSR count). The van der Waals surface area contributed by atoms with Crippen LogP contribution in [-0.4, -0.2) is 16.8 Å². The highest BCUT2D eigenvalue weighted by molar-refractivity contribution is 8.04. The van der Waals surface area contributed by atoms with Crippen molar-refractivity contribution in [1.82, 2.24) is 4.13 Å². The quantitative estimate of drug-likeness (QED) is 0.927. The summed E-state index contributed by atoms with van der Waals surface area (Å²) in [5, 5.41) is 0. The number of benzene rings is 2. The summed E-state index contributed by atoms with van der Waals surface area (Å²) in [6.45, 7) is 5.32. The highest BCUT2D eigenvalue weighted by Crippen LogP contribution is 2.17. The van der Waals surface area contributed by atoms with E-state index in [-0.39, 0.29) is 9.79 Å². The van der Waals surface area contributed by atoms with Crippen LogP contribution in [0.25, 0.3) is 0 Å². The summed E-state index contributed by atoms with van der Waals surface area (Å²) in [6.07, 6.45) is 0. The SMILES string of the molecule is Cc1ccc(S(=O)(=O)NS(=O)(=O)c2cc(C)cc(C)c2)cc1. The third-order valence-corrected chi connectivity index (χ3v) is 6.56. The first-order valence-corrected chi connectivity index (χ1v) is 9.50. The van der Waals surface area contributed by atoms with Crippen molar-refractivity contribution in [2.75, 3.05) is 0 Å². The Kier molecular flexibility index (Phi) is 4.42. The average Bonchev–Trinajstić information content (AvgIpc) is 2.36. The molecule has 0 aliphatic carbocycles. The number of hydrogen-bond donors (Lipinski definition) is 1. The van der Waals surface area contributed by atoms with Gasteiger partial charge in [-0.3, -0.25) is 0 Å². The molecule has 1 N–H and O–H groups in total. The van der Waals surface area contributed by atoms with E-state index in [2.05, 4.69) is 0 Å². The smallest absolute Gasteiger partial charge is 0.206 e. The predicted octanol–water partition coefficient (Wildman–Crippen LogP) is 2.28. The molecule has 2 aromatic carbocycles. The largest absolute Gasteiger partial charge is 0.253 e. The van der Waals surface area contributed by atoms with E-state index in [0.29, 0.717) is 0 Å². The Morgan fingerprint density at radius 3 is 1.59 bits per heavy atom. The maximum absolute atomic E-state index is 12.3. The molecule has 0 aliphatic rings. The molecule has 0 aromatic heterocycles. The molecule has 0 radical (unpaired) electrons. The van der Waals surface area contributed by atoms with Crippen molar-refractivity contribution in [2.24, 2.45) is 0 Å². The fraction of sp³-hybridized carbons (Fsp3) is 0.200. The zero-order chi connectivity index (χ0) is 16.5. The average molecular weight is 339 g/mol. The molecule has 0 fully saturated rings. The Bertz CT molecular complexity index is 879. The third kappa shape index (κ3) is 3.73. The van der Waals surface area contributed by atoms with Gasteiger partial charge in [0.25, 0.3) is 20.0 Å². The number of aryl methyl sites for hydroxylation is 3. The Labute approximate surface area is 131 Å². The van der Waals surface area contributed by atoms with Crippen molar-refractivity contribution < 1.29 is 16.8 Å². The van der Waals surface area contributed by atoms with E-state index in [0.717, 1.165) is 16.7 Å². The minimum Gasteiger partial charge on any atom is -0.206 e. The molecule has 0 heterocycles. The second kappa shape index (κ2) is 5.83. The Morgan fingerprint density at radius 2 is 1.09 bits per heavy atom. The molecule has 5 nitrogen and oxygen atoms in total. The van der Waals surface area contributed by atoms with E-state index in [9.17, 15) is 16.8 Å². The molecule has 0 atom stereocenters. The summed E-state index contributed by atoms with van der Waals surface area (Å²) in [5.41, 5.74) is 2.37. The van der Waals surface area contributed by atoms with Crippen LogP contribution in [0.4, 0.5) is 0 Å². The van der Waals surface area contributed by atoms with Gasteiger partial charge >= 0.3 is 0 Å². The van der Waals surface area contributed by atoms with E-state index in [1.807, 2.05) is 13.0 Å². The van der Waals surface area contributed by atoms with Gasteiger partial charge in [-0.2, -0.15) is 0 Å². The van der Waals surface area contributed by atoms with E-state index in [1.54, 1.807) is 30.1 Å². The van der Waals surface area contributed by atoms with Gasteiger partial charge in [-0.25, -0.2) is 16.8 Å². The summed E-state index contributed by atoms with van der Waals surface area (Å²) < 4.78 is 50.8. The lowest BCUT2D eigenvalue weighted by molar-refractivity contribution is 0.577. The van der Waals surface area contributed by atoms with Crippen LogP contribution in [0.1, 0.15) is 16.7 Å². The fourth-order valence-electron chi connectivity index (χ4n) is 2.05. The molecule has 0 amide bonds. The lowest BCUT2D eigenvalue weighted by atomic mass is 10.2. The van der Waals surface area contributed by atoms with Gasteiger partial charge in [0.2, 0.25) is 0 Å². The van der Waals surface area contributed by atoms with Crippen LogP contribution in [0.2, 0.25) is 0 Å². The number of rotatable bonds is 4. The number of hydrogen-bond acceptors (Lipinski definition) is 4. The van der Waals surface area contributed by atoms with Crippen LogP contribution in [0.5, 0.6) is 0 Å². The Balaban J connectivity index is 2.41. The first-order valence-electron chi connectivity index (χ1n) is 6.54. The van der Waals surface area contributed by atoms with Gasteiger partial charge in [0.1, 0.15) is 0 Å². The standard InChI is InChI=1S/C15H17NO4S2/c1-11-4-6-14(7-5-11)21(17,18)16-22(19,20)15-9-12(2)8-13(3)10-15/h4-10,16H,1-3H3. The highest BCUT2D eigenvalue weighted by atomic mass is 32.3. The van der Waals surface area contributed by atoms with Crippen molar-refractivity contribution in [3.63, 3.8) is 0 Å². The van der Waals surface area contributed by atoms with Crippen LogP contribution < -0.4 is 4.13 Å². The van der Waals surface area contributed by atoms with Gasteiger partial charge in [0.15, 0.2) is 0 Å². The third-order valence-electron chi connectivity index (χ3n) is 3.06. The molecule has 0 spiro atoms. The van der Waals surface area contributed by atoms with Gasteiger partial charge in [-0.1, -0.05) is 23.8 Å². The van der Waals surface area contributed by atoms with Crippen molar-refractivity contribution in [1.29, 1.82) is 0 Å². The molecule has 22 heavy (non-hydrogen) atoms. The zero-order valence-electron chi connectivity index (χ0n) is 12.5. The monoisotopic (exact) mass is 339 g/mol. The molecule has 0 aliphatic heterocycles. The zero-order valence-corrected chi connectivity index (χ0v) is 14.1. The first kappa shape index (κ1) is 16.7. The summed E-state index contributed by atoms with van der Waals surface area (Å²) in [7, 11) is -8.31. The molecule has 0 unspecified atom stereocenters. The fourth-order valence-corrected chi connectivity index (χ4v) is 5.15. The molecule has 118 valence electrons. The van der Waals surface area contributed by atoms with Crippen LogP contribution in [-0.2, 0) is 20.0 Å². The molecule has 0 bridgehead atoms. The molecule has 0 saturated heterocycles. The van der Waals surface area contributed by atoms with E-state index in [4.69, 9.17) is 0 Å². The Hall–Kier alpha value is -1.70. The van der Waals surface area contributed by atoms with Crippen molar-refractivity contribution in [3.05, 3.63) is 59.2 Å². The van der Waals surface area contributed by atoms with Gasteiger partial charge in [-0.15, -0.1) is 4.13 Å². The molecular weight excluding hydrogens is 322 g/mol. The van der Waals surface area contributed by atoms with E-state index in [1.165, 1.54) is 24.3 Å². The second-order valence-corrected chi connectivity index (χ2v) is 8.85. The minimum atomic E-state index is -4.16. The van der Waals surface area contributed by atoms with Crippen molar-refractivity contribution >= 4 is 20.0 Å². The van der Waals surface area contributed by atoms with Gasteiger partial charge in [0, 0.05) is 0 Å². The van der Waals surface area contributed by atoms with Gasteiger partial charge in [-0.05, 0) is 56.2 Å². The Morgan fingerprint density at radius 1 is 0.636 bits per heavy atom. The number of nitrogens with one attached hydrogen (secondary N) is 1. The summed E-state index contributed by atoms with van der Waals surface area (Å²) in [4.78, 5) is -0.160. The summed E-state index contributed by atoms with van der Waals surface area (Å²) >= 11 is 0. The molecule has 2 aromatic rings. The first-order chi connectivity index (χ1) is 10.1. The molecule has 0 saturated carbocycles. The maximum atomic E-state index is 12.3. The topological polar surface area (TPSA) is 80.3 Å². The van der Waals surface area contributed by atoms with E-state index < -0.39 is 20.0 Å². The molecule has 7 heteroatoms. The number of sulfonamides is 2. The lowest BCUT2D eigenvalue weighted by Gasteiger charge is -2.09. The van der Waals surface area contributed by atoms with Gasteiger partial charge in [0.05, 0.1) is 9.79 Å². The van der Waals surface area contributed by atoms with Crippen LogP contribution in [0, 0.1) is 20.8 Å². The second-order valence-electron chi connectivity index (χ2n) is 5.23. The predicted molar refractivity (Wildman–Crippen MR) is 84.6 cm³/mol. The highest BCUT2D eigenvalue weighted by Gasteiger charge is 2.24. The maximum Gasteiger partial charge on any atom is 0.253 e. The molecular formula is C15H17NO4S2. The van der Waals surface area contributed by atoms with E-state index >= 15 is 0 Å². The van der Waals surface area contributed by atoms with Crippen LogP contribution >= 0.6 is 0 Å². The normalized spacial score (nSPS) is 12.3. The minimum absolute atomic E-state index is 0.0688. The van der Waals surface area contributed by atoms with Crippen LogP contribution in [0.3, 0.4) is 0 Å². The van der Waals surface area contributed by atoms with Crippen molar-refractivity contribution in [3.8, 4) is 0 Å². The summed E-state index contributed by atoms with van der Waals surface area (Å²) in [5.74, 6) is 0.